The van der Waals surface area contributed by atoms with Crippen molar-refractivity contribution in [2.24, 2.45) is 5.92 Å². The molecular formula is C16H27N3O. The van der Waals surface area contributed by atoms with E-state index in [9.17, 15) is 0 Å². The van der Waals surface area contributed by atoms with Crippen molar-refractivity contribution in [3.63, 3.8) is 0 Å². The van der Waals surface area contributed by atoms with Gasteiger partial charge in [-0.15, -0.1) is 0 Å². The third kappa shape index (κ3) is 4.46. The number of ether oxygens (including phenoxy) is 1. The SMILES string of the molecule is CC(C)CNCc1cccnc1N1CCCOC(C)C1. The molecule has 0 aromatic carbocycles. The fraction of sp³-hybridized carbons (Fsp3) is 0.688. The van der Waals surface area contributed by atoms with Crippen LogP contribution in [0.15, 0.2) is 18.3 Å². The fourth-order valence-electron chi connectivity index (χ4n) is 2.54. The third-order valence-corrected chi connectivity index (χ3v) is 3.49. The van der Waals surface area contributed by atoms with E-state index in [0.717, 1.165) is 45.0 Å². The summed E-state index contributed by atoms with van der Waals surface area (Å²) in [5, 5.41) is 3.51. The van der Waals surface area contributed by atoms with Gasteiger partial charge in [0.2, 0.25) is 0 Å². The number of anilines is 1. The number of hydrogen-bond donors (Lipinski definition) is 1. The molecule has 4 nitrogen and oxygen atoms in total. The Hall–Kier alpha value is -1.13. The highest BCUT2D eigenvalue weighted by Crippen LogP contribution is 2.20. The van der Waals surface area contributed by atoms with Crippen LogP contribution in [0.25, 0.3) is 0 Å². The number of nitrogens with zero attached hydrogens (tertiary/aromatic N) is 2. The van der Waals surface area contributed by atoms with Crippen LogP contribution < -0.4 is 10.2 Å². The van der Waals surface area contributed by atoms with Gasteiger partial charge in [0.25, 0.3) is 0 Å². The Labute approximate surface area is 122 Å². The molecule has 4 heteroatoms. The van der Waals surface area contributed by atoms with Gasteiger partial charge in [0.15, 0.2) is 0 Å². The van der Waals surface area contributed by atoms with Gasteiger partial charge >= 0.3 is 0 Å². The normalized spacial score (nSPS) is 20.2. The lowest BCUT2D eigenvalue weighted by atomic mass is 10.2. The molecule has 0 spiro atoms. The number of nitrogens with one attached hydrogen (secondary N) is 1. The van der Waals surface area contributed by atoms with Crippen LogP contribution in [0.4, 0.5) is 5.82 Å². The summed E-state index contributed by atoms with van der Waals surface area (Å²) in [5.74, 6) is 1.78. The lowest BCUT2D eigenvalue weighted by Gasteiger charge is -2.25. The zero-order valence-electron chi connectivity index (χ0n) is 12.9. The number of pyridine rings is 1. The monoisotopic (exact) mass is 277 g/mol. The van der Waals surface area contributed by atoms with Crippen LogP contribution in [0.2, 0.25) is 0 Å². The van der Waals surface area contributed by atoms with E-state index in [4.69, 9.17) is 4.74 Å². The molecule has 1 saturated heterocycles. The Bertz CT molecular complexity index is 408. The summed E-state index contributed by atoms with van der Waals surface area (Å²) in [6.07, 6.45) is 3.23. The van der Waals surface area contributed by atoms with E-state index in [0.29, 0.717) is 5.92 Å². The van der Waals surface area contributed by atoms with E-state index in [1.54, 1.807) is 0 Å². The molecule has 1 aliphatic rings. The lowest BCUT2D eigenvalue weighted by molar-refractivity contribution is 0.0820. The summed E-state index contributed by atoms with van der Waals surface area (Å²) in [7, 11) is 0. The molecule has 1 atom stereocenters. The van der Waals surface area contributed by atoms with Crippen LogP contribution in [0, 0.1) is 5.92 Å². The third-order valence-electron chi connectivity index (χ3n) is 3.49. The van der Waals surface area contributed by atoms with Crippen molar-refractivity contribution < 1.29 is 4.74 Å². The minimum absolute atomic E-state index is 0.274. The van der Waals surface area contributed by atoms with Gasteiger partial charge in [-0.2, -0.15) is 0 Å². The van der Waals surface area contributed by atoms with Gasteiger partial charge in [-0.25, -0.2) is 4.98 Å². The molecule has 1 fully saturated rings. The first kappa shape index (κ1) is 15.3. The van der Waals surface area contributed by atoms with E-state index in [-0.39, 0.29) is 6.10 Å². The van der Waals surface area contributed by atoms with Gasteiger partial charge in [-0.05, 0) is 31.9 Å². The van der Waals surface area contributed by atoms with Crippen LogP contribution in [0.1, 0.15) is 32.8 Å². The van der Waals surface area contributed by atoms with Crippen LogP contribution in [0.5, 0.6) is 0 Å². The van der Waals surface area contributed by atoms with Crippen molar-refractivity contribution in [3.8, 4) is 0 Å². The van der Waals surface area contributed by atoms with Gasteiger partial charge in [-0.1, -0.05) is 19.9 Å². The molecule has 1 aromatic heterocycles. The summed E-state index contributed by atoms with van der Waals surface area (Å²) in [6.45, 7) is 11.3. The Morgan fingerprint density at radius 2 is 2.35 bits per heavy atom. The molecular weight excluding hydrogens is 250 g/mol. The summed E-state index contributed by atoms with van der Waals surface area (Å²) in [5.41, 5.74) is 1.28. The maximum absolute atomic E-state index is 5.72. The van der Waals surface area contributed by atoms with Crippen molar-refractivity contribution in [2.45, 2.75) is 39.8 Å². The molecule has 0 aliphatic carbocycles. The largest absolute Gasteiger partial charge is 0.377 e. The van der Waals surface area contributed by atoms with Gasteiger partial charge in [0.1, 0.15) is 5.82 Å². The summed E-state index contributed by atoms with van der Waals surface area (Å²) in [4.78, 5) is 6.97. The molecule has 1 aromatic rings. The topological polar surface area (TPSA) is 37.4 Å². The number of rotatable bonds is 5. The van der Waals surface area contributed by atoms with E-state index in [1.807, 2.05) is 12.3 Å². The van der Waals surface area contributed by atoms with E-state index in [2.05, 4.69) is 42.0 Å². The van der Waals surface area contributed by atoms with Crippen molar-refractivity contribution in [3.05, 3.63) is 23.9 Å². The molecule has 0 radical (unpaired) electrons. The highest BCUT2D eigenvalue weighted by molar-refractivity contribution is 5.47. The van der Waals surface area contributed by atoms with E-state index < -0.39 is 0 Å². The minimum atomic E-state index is 0.274. The zero-order chi connectivity index (χ0) is 14.4. The van der Waals surface area contributed by atoms with Crippen LogP contribution in [-0.4, -0.2) is 37.3 Å². The van der Waals surface area contributed by atoms with Crippen LogP contribution in [-0.2, 0) is 11.3 Å². The number of hydrogen-bond acceptors (Lipinski definition) is 4. The standard InChI is InChI=1S/C16H27N3O/c1-13(2)10-17-11-15-6-4-7-18-16(15)19-8-5-9-20-14(3)12-19/h4,6-7,13-14,17H,5,8-12H2,1-3H3. The summed E-state index contributed by atoms with van der Waals surface area (Å²) in [6, 6.07) is 4.19. The highest BCUT2D eigenvalue weighted by atomic mass is 16.5. The first-order chi connectivity index (χ1) is 9.66. The quantitative estimate of drug-likeness (QED) is 0.897. The molecule has 20 heavy (non-hydrogen) atoms. The Morgan fingerprint density at radius 3 is 3.15 bits per heavy atom. The second-order valence-corrected chi connectivity index (χ2v) is 5.99. The van der Waals surface area contributed by atoms with E-state index in [1.165, 1.54) is 5.56 Å². The van der Waals surface area contributed by atoms with E-state index >= 15 is 0 Å². The fourth-order valence-corrected chi connectivity index (χ4v) is 2.54. The zero-order valence-corrected chi connectivity index (χ0v) is 12.9. The Kier molecular flexibility index (Phi) is 5.80. The number of aromatic nitrogens is 1. The van der Waals surface area contributed by atoms with Crippen LogP contribution in [0.3, 0.4) is 0 Å². The predicted octanol–water partition coefficient (Wildman–Crippen LogP) is 2.44. The maximum Gasteiger partial charge on any atom is 0.133 e. The van der Waals surface area contributed by atoms with Crippen LogP contribution >= 0.6 is 0 Å². The Balaban J connectivity index is 2.05. The van der Waals surface area contributed by atoms with Crippen molar-refractivity contribution in [1.82, 2.24) is 10.3 Å². The first-order valence-corrected chi connectivity index (χ1v) is 7.68. The van der Waals surface area contributed by atoms with Gasteiger partial charge in [-0.3, -0.25) is 0 Å². The van der Waals surface area contributed by atoms with Gasteiger partial charge < -0.3 is 15.0 Å². The second kappa shape index (κ2) is 7.60. The summed E-state index contributed by atoms with van der Waals surface area (Å²) >= 11 is 0. The average molecular weight is 277 g/mol. The molecule has 1 N–H and O–H groups in total. The van der Waals surface area contributed by atoms with Crippen molar-refractivity contribution in [1.29, 1.82) is 0 Å². The summed E-state index contributed by atoms with van der Waals surface area (Å²) < 4.78 is 5.72. The molecule has 1 unspecified atom stereocenters. The molecule has 112 valence electrons. The molecule has 2 heterocycles. The lowest BCUT2D eigenvalue weighted by Crippen LogP contribution is -2.32. The molecule has 0 bridgehead atoms. The Morgan fingerprint density at radius 1 is 1.50 bits per heavy atom. The van der Waals surface area contributed by atoms with Gasteiger partial charge in [0, 0.05) is 38.0 Å². The van der Waals surface area contributed by atoms with Gasteiger partial charge in [0.05, 0.1) is 6.10 Å². The molecule has 1 aliphatic heterocycles. The average Bonchev–Trinajstić information content (AvgIpc) is 2.63. The minimum Gasteiger partial charge on any atom is -0.377 e. The van der Waals surface area contributed by atoms with Crippen molar-refractivity contribution >= 4 is 5.82 Å². The predicted molar refractivity (Wildman–Crippen MR) is 83.0 cm³/mol. The molecule has 0 saturated carbocycles. The smallest absolute Gasteiger partial charge is 0.133 e. The molecule has 0 amide bonds. The maximum atomic E-state index is 5.72. The first-order valence-electron chi connectivity index (χ1n) is 7.68. The molecule has 2 rings (SSSR count). The highest BCUT2D eigenvalue weighted by Gasteiger charge is 2.18. The second-order valence-electron chi connectivity index (χ2n) is 5.99. The van der Waals surface area contributed by atoms with Crippen molar-refractivity contribution in [2.75, 3.05) is 31.1 Å².